The van der Waals surface area contributed by atoms with E-state index in [1.165, 1.54) is 7.11 Å². The quantitative estimate of drug-likeness (QED) is 0.783. The Bertz CT molecular complexity index is 958. The van der Waals surface area contributed by atoms with Gasteiger partial charge in [0, 0.05) is 0 Å². The number of carbonyl (C=O) groups excluding carboxylic acids is 1. The van der Waals surface area contributed by atoms with Crippen LogP contribution in [0.3, 0.4) is 0 Å². The van der Waals surface area contributed by atoms with Gasteiger partial charge in [0.25, 0.3) is 0 Å². The molecule has 2 aromatic rings. The predicted molar refractivity (Wildman–Crippen MR) is 100.0 cm³/mol. The van der Waals surface area contributed by atoms with Gasteiger partial charge in [-0.15, -0.1) is 0 Å². The van der Waals surface area contributed by atoms with Gasteiger partial charge < -0.3 is 10.1 Å². The van der Waals surface area contributed by atoms with E-state index in [4.69, 9.17) is 4.74 Å². The van der Waals surface area contributed by atoms with Crippen molar-refractivity contribution in [2.24, 2.45) is 0 Å². The molecule has 1 N–H and O–H groups in total. The third-order valence-corrected chi connectivity index (χ3v) is 4.94. The maximum Gasteiger partial charge on any atom is 0.416 e. The van der Waals surface area contributed by atoms with E-state index in [2.05, 4.69) is 5.32 Å². The van der Waals surface area contributed by atoms with Gasteiger partial charge in [0.2, 0.25) is 15.9 Å². The van der Waals surface area contributed by atoms with Crippen LogP contribution < -0.4 is 14.4 Å². The van der Waals surface area contributed by atoms with Crippen molar-refractivity contribution in [3.05, 3.63) is 53.6 Å². The molecule has 28 heavy (non-hydrogen) atoms. The SMILES string of the molecule is COc1ccc(C)cc1NC(=O)CN(c1ccc(C(F)(F)F)cc1)S(C)(=O)=O. The fraction of sp³-hybridized carbons (Fsp3) is 0.278. The molecule has 10 heteroatoms. The van der Waals surface area contributed by atoms with Gasteiger partial charge >= 0.3 is 6.18 Å². The molecule has 0 aliphatic rings. The lowest BCUT2D eigenvalue weighted by molar-refractivity contribution is -0.137. The number of anilines is 2. The minimum Gasteiger partial charge on any atom is -0.495 e. The molecule has 0 fully saturated rings. The molecule has 0 spiro atoms. The number of halogens is 3. The summed E-state index contributed by atoms with van der Waals surface area (Å²) in [6.07, 6.45) is -3.68. The van der Waals surface area contributed by atoms with Gasteiger partial charge in [-0.3, -0.25) is 9.10 Å². The first-order valence-electron chi connectivity index (χ1n) is 8.01. The van der Waals surface area contributed by atoms with E-state index < -0.39 is 34.2 Å². The first-order chi connectivity index (χ1) is 12.9. The summed E-state index contributed by atoms with van der Waals surface area (Å²) in [6.45, 7) is 1.20. The Morgan fingerprint density at radius 1 is 1.14 bits per heavy atom. The molecule has 0 aliphatic carbocycles. The predicted octanol–water partition coefficient (Wildman–Crippen LogP) is 3.43. The Labute approximate surface area is 161 Å². The van der Waals surface area contributed by atoms with Gasteiger partial charge in [0.05, 0.1) is 30.3 Å². The fourth-order valence-electron chi connectivity index (χ4n) is 2.46. The van der Waals surface area contributed by atoms with Gasteiger partial charge in [-0.1, -0.05) is 6.07 Å². The number of sulfonamides is 1. The minimum atomic E-state index is -4.55. The van der Waals surface area contributed by atoms with Crippen LogP contribution in [0.5, 0.6) is 5.75 Å². The molecule has 0 aromatic heterocycles. The molecule has 152 valence electrons. The number of ether oxygens (including phenoxy) is 1. The smallest absolute Gasteiger partial charge is 0.416 e. The summed E-state index contributed by atoms with van der Waals surface area (Å²) in [7, 11) is -2.50. The van der Waals surface area contributed by atoms with E-state index in [0.29, 0.717) is 11.4 Å². The number of alkyl halides is 3. The summed E-state index contributed by atoms with van der Waals surface area (Å²) in [5.41, 5.74) is 0.229. The Balaban J connectivity index is 2.26. The maximum atomic E-state index is 12.7. The second-order valence-electron chi connectivity index (χ2n) is 6.07. The van der Waals surface area contributed by atoms with Crippen LogP contribution in [0.1, 0.15) is 11.1 Å². The molecule has 0 aliphatic heterocycles. The summed E-state index contributed by atoms with van der Waals surface area (Å²) in [5, 5.41) is 2.56. The Morgan fingerprint density at radius 3 is 2.25 bits per heavy atom. The molecular formula is C18H19F3N2O4S. The van der Waals surface area contributed by atoms with Crippen molar-refractivity contribution in [2.75, 3.05) is 29.5 Å². The first-order valence-corrected chi connectivity index (χ1v) is 9.86. The average molecular weight is 416 g/mol. The number of benzene rings is 2. The molecule has 0 unspecified atom stereocenters. The van der Waals surface area contributed by atoms with E-state index in [-0.39, 0.29) is 5.69 Å². The highest BCUT2D eigenvalue weighted by atomic mass is 32.2. The van der Waals surface area contributed by atoms with Crippen LogP contribution in [0.2, 0.25) is 0 Å². The molecule has 0 saturated heterocycles. The van der Waals surface area contributed by atoms with Gasteiger partial charge in [0.1, 0.15) is 12.3 Å². The van der Waals surface area contributed by atoms with Crippen LogP contribution in [0.15, 0.2) is 42.5 Å². The monoisotopic (exact) mass is 416 g/mol. The van der Waals surface area contributed by atoms with E-state index >= 15 is 0 Å². The molecule has 0 heterocycles. The molecule has 0 atom stereocenters. The number of hydrogen-bond donors (Lipinski definition) is 1. The van der Waals surface area contributed by atoms with Gasteiger partial charge in [0.15, 0.2) is 0 Å². The van der Waals surface area contributed by atoms with Gasteiger partial charge in [-0.2, -0.15) is 13.2 Å². The second-order valence-corrected chi connectivity index (χ2v) is 7.97. The highest BCUT2D eigenvalue weighted by Gasteiger charge is 2.31. The molecule has 2 rings (SSSR count). The fourth-order valence-corrected chi connectivity index (χ4v) is 3.31. The van der Waals surface area contributed by atoms with Crippen molar-refractivity contribution in [3.8, 4) is 5.75 Å². The summed E-state index contributed by atoms with van der Waals surface area (Å²) >= 11 is 0. The van der Waals surface area contributed by atoms with E-state index in [9.17, 15) is 26.4 Å². The first kappa shape index (κ1) is 21.5. The molecule has 0 radical (unpaired) electrons. The van der Waals surface area contributed by atoms with Crippen molar-refractivity contribution in [1.82, 2.24) is 0 Å². The normalized spacial score (nSPS) is 11.8. The van der Waals surface area contributed by atoms with Crippen molar-refractivity contribution in [2.45, 2.75) is 13.1 Å². The maximum absolute atomic E-state index is 12.7. The third kappa shape index (κ3) is 5.38. The van der Waals surface area contributed by atoms with E-state index in [1.54, 1.807) is 25.1 Å². The lowest BCUT2D eigenvalue weighted by Gasteiger charge is -2.22. The molecule has 1 amide bonds. The van der Waals surface area contributed by atoms with Crippen LogP contribution in [-0.4, -0.2) is 34.2 Å². The summed E-state index contributed by atoms with van der Waals surface area (Å²) in [6, 6.07) is 8.60. The number of aryl methyl sites for hydroxylation is 1. The zero-order valence-electron chi connectivity index (χ0n) is 15.4. The number of carbonyl (C=O) groups is 1. The van der Waals surface area contributed by atoms with Crippen LogP contribution in [0.25, 0.3) is 0 Å². The number of methoxy groups -OCH3 is 1. The number of hydrogen-bond acceptors (Lipinski definition) is 4. The minimum absolute atomic E-state index is 0.0538. The summed E-state index contributed by atoms with van der Waals surface area (Å²) < 4.78 is 68.1. The summed E-state index contributed by atoms with van der Waals surface area (Å²) in [5.74, 6) is -0.284. The Hall–Kier alpha value is -2.75. The molecule has 0 bridgehead atoms. The van der Waals surface area contributed by atoms with Gasteiger partial charge in [-0.05, 0) is 48.9 Å². The van der Waals surface area contributed by atoms with Crippen molar-refractivity contribution >= 4 is 27.3 Å². The highest BCUT2D eigenvalue weighted by Crippen LogP contribution is 2.31. The topological polar surface area (TPSA) is 75.7 Å². The second kappa shape index (κ2) is 8.09. The lowest BCUT2D eigenvalue weighted by Crippen LogP contribution is -2.37. The number of rotatable bonds is 6. The van der Waals surface area contributed by atoms with Crippen LogP contribution in [-0.2, 0) is 21.0 Å². The summed E-state index contributed by atoms with van der Waals surface area (Å²) in [4.78, 5) is 12.4. The van der Waals surface area contributed by atoms with E-state index in [1.807, 2.05) is 0 Å². The zero-order valence-corrected chi connectivity index (χ0v) is 16.2. The molecule has 2 aromatic carbocycles. The van der Waals surface area contributed by atoms with Crippen molar-refractivity contribution in [1.29, 1.82) is 0 Å². The number of nitrogens with zero attached hydrogens (tertiary/aromatic N) is 1. The molecular weight excluding hydrogens is 397 g/mol. The Kier molecular flexibility index (Phi) is 6.23. The van der Waals surface area contributed by atoms with Crippen LogP contribution in [0, 0.1) is 6.92 Å². The van der Waals surface area contributed by atoms with Crippen molar-refractivity contribution < 1.29 is 31.1 Å². The standard InChI is InChI=1S/C18H19F3N2O4S/c1-12-4-9-16(27-2)15(10-12)22-17(24)11-23(28(3,25)26)14-7-5-13(6-8-14)18(19,20)21/h4-10H,11H2,1-3H3,(H,22,24). The van der Waals surface area contributed by atoms with E-state index in [0.717, 1.165) is 40.4 Å². The zero-order chi connectivity index (χ0) is 21.1. The van der Waals surface area contributed by atoms with Crippen molar-refractivity contribution in [3.63, 3.8) is 0 Å². The molecule has 0 saturated carbocycles. The highest BCUT2D eigenvalue weighted by molar-refractivity contribution is 7.92. The average Bonchev–Trinajstić information content (AvgIpc) is 2.58. The third-order valence-electron chi connectivity index (χ3n) is 3.80. The van der Waals surface area contributed by atoms with Crippen LogP contribution in [0.4, 0.5) is 24.5 Å². The molecule has 6 nitrogen and oxygen atoms in total. The van der Waals surface area contributed by atoms with Gasteiger partial charge in [-0.25, -0.2) is 8.42 Å². The largest absolute Gasteiger partial charge is 0.495 e. The lowest BCUT2D eigenvalue weighted by atomic mass is 10.2. The number of nitrogens with one attached hydrogen (secondary N) is 1. The van der Waals surface area contributed by atoms with Crippen LogP contribution >= 0.6 is 0 Å². The number of amides is 1. The Morgan fingerprint density at radius 2 is 1.75 bits per heavy atom.